The van der Waals surface area contributed by atoms with Gasteiger partial charge >= 0.3 is 0 Å². The Kier molecular flexibility index (Phi) is 2.99. The molecule has 118 valence electrons. The second kappa shape index (κ2) is 4.47. The third-order valence-corrected chi connectivity index (χ3v) is 7.90. The van der Waals surface area contributed by atoms with E-state index in [0.717, 1.165) is 12.8 Å². The van der Waals surface area contributed by atoms with E-state index in [2.05, 4.69) is 19.2 Å². The average molecular weight is 291 g/mol. The van der Waals surface area contributed by atoms with E-state index in [0.29, 0.717) is 29.6 Å². The van der Waals surface area contributed by atoms with E-state index in [9.17, 15) is 9.90 Å². The predicted octanol–water partition coefficient (Wildman–Crippen LogP) is 2.87. The standard InChI is InChI=1S/C18H29NO2/c1-17-7-3-4-11(17)16-12(5-8-17)18(2)9-6-15(21)19-14(18)10-13(16)20/h11-14,16,20H,3-10H2,1-2H3,(H,19,21)/t11-,12-,13-,14+,16-,17-,18+/m0/s1. The topological polar surface area (TPSA) is 49.3 Å². The third-order valence-electron chi connectivity index (χ3n) is 7.90. The van der Waals surface area contributed by atoms with Gasteiger partial charge in [-0.25, -0.2) is 0 Å². The highest BCUT2D eigenvalue weighted by Crippen LogP contribution is 2.63. The lowest BCUT2D eigenvalue weighted by molar-refractivity contribution is -0.154. The number of nitrogens with one attached hydrogen (secondary N) is 1. The Labute approximate surface area is 127 Å². The van der Waals surface area contributed by atoms with E-state index in [1.807, 2.05) is 0 Å². The SMILES string of the molecule is C[C@@]12CCC[C@H]1[C@@H]1[C@@H](O)C[C@H]3NC(=O)CC[C@]3(C)[C@H]1CC2. The van der Waals surface area contributed by atoms with Crippen LogP contribution in [0.15, 0.2) is 0 Å². The van der Waals surface area contributed by atoms with Crippen LogP contribution in [0.5, 0.6) is 0 Å². The molecule has 1 heterocycles. The predicted molar refractivity (Wildman–Crippen MR) is 81.6 cm³/mol. The van der Waals surface area contributed by atoms with E-state index >= 15 is 0 Å². The van der Waals surface area contributed by atoms with Crippen LogP contribution in [-0.4, -0.2) is 23.2 Å². The molecule has 0 radical (unpaired) electrons. The largest absolute Gasteiger partial charge is 0.393 e. The van der Waals surface area contributed by atoms with E-state index in [4.69, 9.17) is 0 Å². The molecule has 4 rings (SSSR count). The maximum Gasteiger partial charge on any atom is 0.220 e. The summed E-state index contributed by atoms with van der Waals surface area (Å²) in [5, 5.41) is 14.0. The number of rotatable bonds is 0. The lowest BCUT2D eigenvalue weighted by Crippen LogP contribution is -2.64. The first kappa shape index (κ1) is 14.0. The Morgan fingerprint density at radius 3 is 2.76 bits per heavy atom. The molecule has 1 aliphatic heterocycles. The number of piperidine rings is 1. The molecule has 0 spiro atoms. The van der Waals surface area contributed by atoms with Gasteiger partial charge in [0.05, 0.1) is 6.10 Å². The molecule has 0 aromatic rings. The van der Waals surface area contributed by atoms with Gasteiger partial charge in [0, 0.05) is 12.5 Å². The number of aliphatic hydroxyl groups is 1. The molecule has 0 unspecified atom stereocenters. The maximum atomic E-state index is 11.8. The van der Waals surface area contributed by atoms with Crippen molar-refractivity contribution in [3.05, 3.63) is 0 Å². The van der Waals surface area contributed by atoms with E-state index in [1.54, 1.807) is 0 Å². The van der Waals surface area contributed by atoms with Gasteiger partial charge in [-0.1, -0.05) is 20.3 Å². The number of fused-ring (bicyclic) bond motifs is 5. The summed E-state index contributed by atoms with van der Waals surface area (Å²) in [6.45, 7) is 4.85. The first-order valence-corrected chi connectivity index (χ1v) is 8.91. The van der Waals surface area contributed by atoms with Crippen LogP contribution in [-0.2, 0) is 4.79 Å². The summed E-state index contributed by atoms with van der Waals surface area (Å²) < 4.78 is 0. The minimum absolute atomic E-state index is 0.185. The minimum atomic E-state index is -0.214. The zero-order chi connectivity index (χ0) is 14.8. The second-order valence-corrected chi connectivity index (χ2v) is 8.80. The molecule has 0 aromatic carbocycles. The normalized spacial score (nSPS) is 56.1. The summed E-state index contributed by atoms with van der Waals surface area (Å²) in [5.41, 5.74) is 0.686. The number of hydrogen-bond acceptors (Lipinski definition) is 2. The third kappa shape index (κ3) is 1.85. The maximum absolute atomic E-state index is 11.8. The van der Waals surface area contributed by atoms with Gasteiger partial charge in [-0.05, 0) is 67.1 Å². The van der Waals surface area contributed by atoms with Gasteiger partial charge in [0.15, 0.2) is 0 Å². The molecule has 4 fully saturated rings. The molecule has 3 saturated carbocycles. The second-order valence-electron chi connectivity index (χ2n) is 8.80. The molecular formula is C18H29NO2. The Hall–Kier alpha value is -0.570. The number of carbonyl (C=O) groups is 1. The first-order chi connectivity index (χ1) is 9.94. The lowest BCUT2D eigenvalue weighted by atomic mass is 9.47. The van der Waals surface area contributed by atoms with Crippen LogP contribution in [0.3, 0.4) is 0 Å². The Bertz CT molecular complexity index is 464. The van der Waals surface area contributed by atoms with Crippen molar-refractivity contribution in [2.24, 2.45) is 28.6 Å². The Morgan fingerprint density at radius 2 is 1.95 bits per heavy atom. The monoisotopic (exact) mass is 291 g/mol. The van der Waals surface area contributed by atoms with Crippen LogP contribution in [0.4, 0.5) is 0 Å². The number of amides is 1. The summed E-state index contributed by atoms with van der Waals surface area (Å²) >= 11 is 0. The van der Waals surface area contributed by atoms with Crippen molar-refractivity contribution in [1.29, 1.82) is 0 Å². The quantitative estimate of drug-likeness (QED) is 0.721. The fourth-order valence-corrected chi connectivity index (χ4v) is 6.65. The molecule has 3 nitrogen and oxygen atoms in total. The fraction of sp³-hybridized carbons (Fsp3) is 0.944. The summed E-state index contributed by atoms with van der Waals surface area (Å²) in [6.07, 6.45) is 8.82. The zero-order valence-electron chi connectivity index (χ0n) is 13.4. The summed E-state index contributed by atoms with van der Waals surface area (Å²) in [5.74, 6) is 1.97. The molecule has 4 aliphatic rings. The zero-order valence-corrected chi connectivity index (χ0v) is 13.4. The molecular weight excluding hydrogens is 262 g/mol. The van der Waals surface area contributed by atoms with Crippen molar-refractivity contribution in [2.75, 3.05) is 0 Å². The minimum Gasteiger partial charge on any atom is -0.393 e. The summed E-state index contributed by atoms with van der Waals surface area (Å²) in [6, 6.07) is 0.195. The highest BCUT2D eigenvalue weighted by atomic mass is 16.3. The van der Waals surface area contributed by atoms with Crippen LogP contribution < -0.4 is 5.32 Å². The van der Waals surface area contributed by atoms with Crippen LogP contribution in [0.1, 0.15) is 65.2 Å². The first-order valence-electron chi connectivity index (χ1n) is 8.91. The summed E-state index contributed by atoms with van der Waals surface area (Å²) in [7, 11) is 0. The molecule has 1 saturated heterocycles. The van der Waals surface area contributed by atoms with Gasteiger partial charge in [0.25, 0.3) is 0 Å². The highest BCUT2D eigenvalue weighted by Gasteiger charge is 2.60. The molecule has 1 amide bonds. The van der Waals surface area contributed by atoms with Crippen molar-refractivity contribution in [1.82, 2.24) is 5.32 Å². The Balaban J connectivity index is 1.68. The number of hydrogen-bond donors (Lipinski definition) is 2. The molecule has 3 aliphatic carbocycles. The van der Waals surface area contributed by atoms with Crippen molar-refractivity contribution >= 4 is 5.91 Å². The smallest absolute Gasteiger partial charge is 0.220 e. The summed E-state index contributed by atoms with van der Waals surface area (Å²) in [4.78, 5) is 11.8. The molecule has 21 heavy (non-hydrogen) atoms. The average Bonchev–Trinajstić information content (AvgIpc) is 2.82. The molecule has 0 aromatic heterocycles. The van der Waals surface area contributed by atoms with Gasteiger partial charge < -0.3 is 10.4 Å². The van der Waals surface area contributed by atoms with Crippen LogP contribution >= 0.6 is 0 Å². The van der Waals surface area contributed by atoms with Gasteiger partial charge in [-0.3, -0.25) is 4.79 Å². The van der Waals surface area contributed by atoms with Crippen LogP contribution in [0, 0.1) is 28.6 Å². The van der Waals surface area contributed by atoms with Gasteiger partial charge in [-0.15, -0.1) is 0 Å². The van der Waals surface area contributed by atoms with E-state index in [1.165, 1.54) is 32.1 Å². The van der Waals surface area contributed by atoms with Crippen LogP contribution in [0.2, 0.25) is 0 Å². The molecule has 0 bridgehead atoms. The number of aliphatic hydroxyl groups excluding tert-OH is 1. The fourth-order valence-electron chi connectivity index (χ4n) is 6.65. The van der Waals surface area contributed by atoms with Gasteiger partial charge in [0.2, 0.25) is 5.91 Å². The van der Waals surface area contributed by atoms with E-state index < -0.39 is 0 Å². The lowest BCUT2D eigenvalue weighted by Gasteiger charge is -2.61. The van der Waals surface area contributed by atoms with Crippen LogP contribution in [0.25, 0.3) is 0 Å². The van der Waals surface area contributed by atoms with Crippen molar-refractivity contribution in [3.8, 4) is 0 Å². The highest BCUT2D eigenvalue weighted by molar-refractivity contribution is 5.77. The van der Waals surface area contributed by atoms with Gasteiger partial charge in [0.1, 0.15) is 0 Å². The van der Waals surface area contributed by atoms with Crippen molar-refractivity contribution < 1.29 is 9.90 Å². The van der Waals surface area contributed by atoms with Gasteiger partial charge in [-0.2, -0.15) is 0 Å². The molecule has 3 heteroatoms. The Morgan fingerprint density at radius 1 is 1.14 bits per heavy atom. The molecule has 2 N–H and O–H groups in total. The molecule has 7 atom stereocenters. The van der Waals surface area contributed by atoms with Crippen molar-refractivity contribution in [3.63, 3.8) is 0 Å². The number of carbonyl (C=O) groups excluding carboxylic acids is 1. The van der Waals surface area contributed by atoms with Crippen molar-refractivity contribution in [2.45, 2.75) is 77.4 Å². The van der Waals surface area contributed by atoms with E-state index in [-0.39, 0.29) is 23.5 Å².